The number of nitrogens with one attached hydrogen (secondary N) is 3. The Kier molecular flexibility index (Phi) is 6.56. The lowest BCUT2D eigenvalue weighted by atomic mass is 10.0. The van der Waals surface area contributed by atoms with Gasteiger partial charge in [0.15, 0.2) is 0 Å². The zero-order valence-electron chi connectivity index (χ0n) is 20.7. The lowest BCUT2D eigenvalue weighted by Gasteiger charge is -2.22. The van der Waals surface area contributed by atoms with Crippen LogP contribution in [0.25, 0.3) is 10.9 Å². The van der Waals surface area contributed by atoms with Crippen molar-refractivity contribution in [2.24, 2.45) is 0 Å². The maximum atomic E-state index is 13.6. The average molecular weight is 514 g/mol. The Labute approximate surface area is 218 Å². The minimum Gasteiger partial charge on any atom is -0.377 e. The smallest absolute Gasteiger partial charge is 0.212 e. The zero-order chi connectivity index (χ0) is 26.7. The first kappa shape index (κ1) is 22.9. The molecule has 2 atom stereocenters. The van der Waals surface area contributed by atoms with Gasteiger partial charge in [0.05, 0.1) is 41.4 Å². The number of aromatic amines is 1. The Morgan fingerprint density at radius 1 is 1.08 bits per heavy atom. The summed E-state index contributed by atoms with van der Waals surface area (Å²) in [6.07, 6.45) is 4.93. The van der Waals surface area contributed by atoms with E-state index in [1.54, 1.807) is 12.1 Å². The fraction of sp³-hybridized carbons (Fsp3) is 0.148. The van der Waals surface area contributed by atoms with E-state index in [4.69, 9.17) is 11.6 Å². The Balaban J connectivity index is 1.63. The third-order valence-corrected chi connectivity index (χ3v) is 6.22. The first-order valence-electron chi connectivity index (χ1n) is 12.0. The quantitative estimate of drug-likeness (QED) is 0.212. The Hall–Kier alpha value is -4.55. The molecule has 0 spiro atoms. The van der Waals surface area contributed by atoms with Crippen molar-refractivity contribution in [3.05, 3.63) is 107 Å². The number of hydrogen-bond donors (Lipinski definition) is 3. The maximum absolute atomic E-state index is 13.6. The summed E-state index contributed by atoms with van der Waals surface area (Å²) in [5.41, 5.74) is 3.54. The molecule has 0 aliphatic rings. The van der Waals surface area contributed by atoms with E-state index in [0.717, 1.165) is 12.0 Å². The third kappa shape index (κ3) is 5.06. The Bertz CT molecular complexity index is 1610. The number of benzene rings is 2. The molecule has 2 aromatic carbocycles. The molecule has 3 N–H and O–H groups in total. The van der Waals surface area contributed by atoms with Crippen LogP contribution in [0.15, 0.2) is 73.2 Å². The van der Waals surface area contributed by atoms with Gasteiger partial charge in [0.25, 0.3) is 0 Å². The average Bonchev–Trinajstić information content (AvgIpc) is 3.48. The van der Waals surface area contributed by atoms with Gasteiger partial charge in [-0.1, -0.05) is 54.9 Å². The number of H-pyrrole nitrogens is 1. The highest BCUT2D eigenvalue weighted by Gasteiger charge is 2.21. The number of nitriles is 1. The fourth-order valence-corrected chi connectivity index (χ4v) is 4.40. The second-order valence-corrected chi connectivity index (χ2v) is 8.66. The number of halogens is 2. The van der Waals surface area contributed by atoms with E-state index in [0.29, 0.717) is 38.4 Å². The fourth-order valence-electron chi connectivity index (χ4n) is 4.13. The molecule has 0 aliphatic heterocycles. The van der Waals surface area contributed by atoms with Crippen molar-refractivity contribution in [3.63, 3.8) is 0 Å². The summed E-state index contributed by atoms with van der Waals surface area (Å²) in [5.74, 6) is -0.667. The largest absolute Gasteiger partial charge is 0.377 e. The number of fused-ring (bicyclic) bond motifs is 1. The monoisotopic (exact) mass is 513 g/mol. The maximum Gasteiger partial charge on any atom is 0.212 e. The van der Waals surface area contributed by atoms with Gasteiger partial charge < -0.3 is 10.6 Å². The van der Waals surface area contributed by atoms with E-state index < -0.39 is 12.0 Å². The second-order valence-electron chi connectivity index (χ2n) is 8.25. The van der Waals surface area contributed by atoms with Crippen molar-refractivity contribution >= 4 is 33.9 Å². The molecule has 0 saturated heterocycles. The lowest BCUT2D eigenvalue weighted by molar-refractivity contribution is 0.581. The zero-order valence-corrected chi connectivity index (χ0v) is 20.5. The molecule has 0 fully saturated rings. The van der Waals surface area contributed by atoms with Crippen molar-refractivity contribution < 1.29 is 5.76 Å². The molecule has 184 valence electrons. The first-order valence-corrected chi connectivity index (χ1v) is 11.9. The summed E-state index contributed by atoms with van der Waals surface area (Å²) < 4.78 is 22.8. The number of hydrogen-bond acceptors (Lipinski definition) is 7. The van der Waals surface area contributed by atoms with Gasteiger partial charge in [-0.05, 0) is 35.7 Å². The molecule has 2 unspecified atom stereocenters. The number of rotatable bonds is 8. The minimum absolute atomic E-state index is 0.0695. The molecule has 0 radical (unpaired) electrons. The van der Waals surface area contributed by atoms with E-state index in [1.807, 2.05) is 30.3 Å². The first-order chi connectivity index (χ1) is 18.4. The number of nitrogens with zero attached hydrogens (tertiary/aromatic N) is 5. The molecule has 3 heterocycles. The van der Waals surface area contributed by atoms with E-state index in [-0.39, 0.29) is 11.7 Å². The number of pyridine rings is 2. The van der Waals surface area contributed by atoms with E-state index in [9.17, 15) is 11.0 Å². The van der Waals surface area contributed by atoms with E-state index >= 15 is 0 Å². The lowest BCUT2D eigenvalue weighted by Crippen LogP contribution is -2.14. The van der Waals surface area contributed by atoms with Crippen LogP contribution in [0.3, 0.4) is 0 Å². The van der Waals surface area contributed by atoms with Gasteiger partial charge in [-0.25, -0.2) is 4.98 Å². The van der Waals surface area contributed by atoms with Crippen LogP contribution in [0, 0.1) is 17.3 Å². The SMILES string of the molecule is [2H]C(Nc1cc(Cl)c2ncc(C#N)c(NC(CC)c3ccccc3)c2c1)(c1ccc(F)nc1)c1cn[nH]n1. The van der Waals surface area contributed by atoms with Crippen LogP contribution in [-0.2, 0) is 0 Å². The highest BCUT2D eigenvalue weighted by atomic mass is 35.5. The van der Waals surface area contributed by atoms with E-state index in [2.05, 4.69) is 49.0 Å². The van der Waals surface area contributed by atoms with Gasteiger partial charge in [-0.3, -0.25) is 4.98 Å². The van der Waals surface area contributed by atoms with Gasteiger partial charge in [0.1, 0.15) is 11.8 Å². The molecular weight excluding hydrogens is 491 g/mol. The summed E-state index contributed by atoms with van der Waals surface area (Å²) in [7, 11) is 0. The van der Waals surface area contributed by atoms with Crippen LogP contribution in [0.1, 0.15) is 49.2 Å². The van der Waals surface area contributed by atoms with Crippen molar-refractivity contribution in [2.45, 2.75) is 25.4 Å². The Morgan fingerprint density at radius 3 is 2.59 bits per heavy atom. The molecule has 3 aromatic heterocycles. The highest BCUT2D eigenvalue weighted by molar-refractivity contribution is 6.35. The summed E-state index contributed by atoms with van der Waals surface area (Å²) in [5, 5.41) is 27.9. The topological polar surface area (TPSA) is 115 Å². The predicted molar refractivity (Wildman–Crippen MR) is 141 cm³/mol. The van der Waals surface area contributed by atoms with Crippen molar-refractivity contribution in [2.75, 3.05) is 10.6 Å². The van der Waals surface area contributed by atoms with Crippen LogP contribution in [-0.4, -0.2) is 25.4 Å². The summed E-state index contributed by atoms with van der Waals surface area (Å²) >= 11 is 6.67. The highest BCUT2D eigenvalue weighted by Crippen LogP contribution is 2.37. The Morgan fingerprint density at radius 2 is 1.92 bits per heavy atom. The standard InChI is InChI=1S/C27H22ClFN8/c1-2-22(16-6-4-3-5-7-16)35-25-18(12-30)14-32-27-20(25)10-19(11-21(27)28)34-26(23-15-33-37-36-23)17-8-9-24(29)31-13-17/h3-11,13-15,22,26,34H,2H2,1H3,(H,32,35)(H,33,36,37)/i26D. The molecule has 5 aromatic rings. The molecule has 0 amide bonds. The molecule has 0 saturated carbocycles. The second kappa shape index (κ2) is 10.6. The van der Waals surface area contributed by atoms with Gasteiger partial charge in [0.2, 0.25) is 5.95 Å². The van der Waals surface area contributed by atoms with Crippen molar-refractivity contribution in [1.82, 2.24) is 25.4 Å². The van der Waals surface area contributed by atoms with Gasteiger partial charge in [-0.15, -0.1) is 0 Å². The van der Waals surface area contributed by atoms with E-state index in [1.165, 1.54) is 30.7 Å². The van der Waals surface area contributed by atoms with Crippen LogP contribution in [0.4, 0.5) is 15.8 Å². The molecule has 5 rings (SSSR count). The van der Waals surface area contributed by atoms with Crippen LogP contribution >= 0.6 is 11.6 Å². The van der Waals surface area contributed by atoms with Crippen molar-refractivity contribution in [1.29, 1.82) is 5.26 Å². The minimum atomic E-state index is -1.69. The molecular formula is C27H22ClFN8. The molecule has 0 aliphatic carbocycles. The molecule has 37 heavy (non-hydrogen) atoms. The van der Waals surface area contributed by atoms with Crippen LogP contribution in [0.2, 0.25) is 5.02 Å². The summed E-state index contributed by atoms with van der Waals surface area (Å²) in [6, 6.07) is 16.4. The number of anilines is 2. The van der Waals surface area contributed by atoms with Crippen LogP contribution in [0.5, 0.6) is 0 Å². The van der Waals surface area contributed by atoms with Crippen molar-refractivity contribution in [3.8, 4) is 6.07 Å². The molecule has 8 nitrogen and oxygen atoms in total. The van der Waals surface area contributed by atoms with Gasteiger partial charge in [-0.2, -0.15) is 25.1 Å². The number of aromatic nitrogens is 5. The van der Waals surface area contributed by atoms with Gasteiger partial charge >= 0.3 is 0 Å². The molecule has 0 bridgehead atoms. The summed E-state index contributed by atoms with van der Waals surface area (Å²) in [6.45, 7) is 2.06. The third-order valence-electron chi connectivity index (χ3n) is 5.93. The normalized spacial score (nSPS) is 13.8. The van der Waals surface area contributed by atoms with Crippen LogP contribution < -0.4 is 10.6 Å². The molecule has 10 heteroatoms. The summed E-state index contributed by atoms with van der Waals surface area (Å²) in [4.78, 5) is 8.13. The predicted octanol–water partition coefficient (Wildman–Crippen LogP) is 6.18. The van der Waals surface area contributed by atoms with Gasteiger partial charge in [0, 0.05) is 23.5 Å².